The van der Waals surface area contributed by atoms with Crippen LogP contribution in [0, 0.1) is 19.1 Å². The van der Waals surface area contributed by atoms with Gasteiger partial charge in [-0.1, -0.05) is 35.9 Å². The summed E-state index contributed by atoms with van der Waals surface area (Å²) in [5.74, 6) is 0. The minimum absolute atomic E-state index is 0. The normalized spacial score (nSPS) is 7.85. The van der Waals surface area contributed by atoms with Crippen LogP contribution in [0.4, 0.5) is 0 Å². The Morgan fingerprint density at radius 3 is 1.05 bits per heavy atom. The molecule has 0 aromatic heterocycles. The van der Waals surface area contributed by atoms with Gasteiger partial charge in [-0.2, -0.15) is 72.8 Å². The van der Waals surface area contributed by atoms with E-state index in [1.165, 1.54) is 5.56 Å². The second kappa shape index (κ2) is 13.6. The monoisotopic (exact) mass is 304 g/mol. The second-order valence-corrected chi connectivity index (χ2v) is 3.81. The minimum Gasteiger partial charge on any atom is -0.184 e. The van der Waals surface area contributed by atoms with E-state index in [4.69, 9.17) is 0 Å². The molecule has 3 rings (SSSR count). The summed E-state index contributed by atoms with van der Waals surface area (Å²) in [5, 5.41) is 0. The van der Waals surface area contributed by atoms with Crippen molar-refractivity contribution in [3.8, 4) is 0 Å². The van der Waals surface area contributed by atoms with E-state index in [0.29, 0.717) is 0 Å². The van der Waals surface area contributed by atoms with Gasteiger partial charge < -0.3 is 0 Å². The number of hydrogen-bond acceptors (Lipinski definition) is 0. The molecule has 0 radical (unpaired) electrons. The maximum Gasteiger partial charge on any atom is 2.00 e. The molecule has 104 valence electrons. The molecule has 3 aromatic rings. The first kappa shape index (κ1) is 18.2. The third-order valence-corrected chi connectivity index (χ3v) is 2.15. The Balaban J connectivity index is 0.000000265. The van der Waals surface area contributed by atoms with E-state index in [1.807, 2.05) is 78.9 Å². The Morgan fingerprint density at radius 2 is 0.900 bits per heavy atom. The van der Waals surface area contributed by atoms with Crippen LogP contribution in [0.25, 0.3) is 0 Å². The van der Waals surface area contributed by atoms with E-state index in [9.17, 15) is 0 Å². The van der Waals surface area contributed by atoms with Gasteiger partial charge in [-0.25, -0.2) is 0 Å². The van der Waals surface area contributed by atoms with Gasteiger partial charge in [-0.05, 0) is 6.92 Å². The van der Waals surface area contributed by atoms with Gasteiger partial charge in [0.1, 0.15) is 0 Å². The van der Waals surface area contributed by atoms with Crippen LogP contribution in [-0.4, -0.2) is 0 Å². The predicted octanol–water partition coefficient (Wildman–Crippen LogP) is 4.97. The van der Waals surface area contributed by atoms with Crippen molar-refractivity contribution in [1.82, 2.24) is 0 Å². The first-order valence-corrected chi connectivity index (χ1v) is 6.23. The summed E-state index contributed by atoms with van der Waals surface area (Å²) in [6.07, 6.45) is 0. The number of aryl methyl sites for hydroxylation is 1. The fourth-order valence-corrected chi connectivity index (χ4v) is 1.22. The Hall–Kier alpha value is -1.85. The molecule has 0 aliphatic rings. The molecule has 0 saturated carbocycles. The third kappa shape index (κ3) is 11.3. The van der Waals surface area contributed by atoms with Gasteiger partial charge in [-0.3, -0.25) is 0 Å². The summed E-state index contributed by atoms with van der Waals surface area (Å²) in [4.78, 5) is 0. The zero-order chi connectivity index (χ0) is 13.6. The van der Waals surface area contributed by atoms with Crippen LogP contribution < -0.4 is 0 Å². The molecule has 1 heteroatoms. The Kier molecular flexibility index (Phi) is 12.3. The van der Waals surface area contributed by atoms with Gasteiger partial charge in [0.25, 0.3) is 0 Å². The van der Waals surface area contributed by atoms with Crippen molar-refractivity contribution in [1.29, 1.82) is 0 Å². The van der Waals surface area contributed by atoms with Crippen LogP contribution in [0.1, 0.15) is 5.56 Å². The maximum absolute atomic E-state index is 2.89. The SMILES string of the molecule is Cc1ccccc1.[Ni+2].[c-]1ccccc1.[c-]1ccccc1. The van der Waals surface area contributed by atoms with E-state index >= 15 is 0 Å². The van der Waals surface area contributed by atoms with Gasteiger partial charge in [0.2, 0.25) is 0 Å². The van der Waals surface area contributed by atoms with Crippen molar-refractivity contribution in [2.45, 2.75) is 6.92 Å². The van der Waals surface area contributed by atoms with Gasteiger partial charge >= 0.3 is 16.5 Å². The number of hydrogen-bond donors (Lipinski definition) is 0. The van der Waals surface area contributed by atoms with E-state index < -0.39 is 0 Å². The van der Waals surface area contributed by atoms with E-state index in [-0.39, 0.29) is 16.5 Å². The zero-order valence-corrected chi connectivity index (χ0v) is 12.5. The van der Waals surface area contributed by atoms with E-state index in [1.54, 1.807) is 0 Å². The smallest absolute Gasteiger partial charge is 0.184 e. The van der Waals surface area contributed by atoms with Gasteiger partial charge in [0, 0.05) is 0 Å². The average Bonchev–Trinajstić information content (AvgIpc) is 2.53. The summed E-state index contributed by atoms with van der Waals surface area (Å²) in [7, 11) is 0. The topological polar surface area (TPSA) is 0 Å². The Bertz CT molecular complexity index is 407. The summed E-state index contributed by atoms with van der Waals surface area (Å²) in [6, 6.07) is 35.3. The fourth-order valence-electron chi connectivity index (χ4n) is 1.22. The molecule has 20 heavy (non-hydrogen) atoms. The first-order valence-electron chi connectivity index (χ1n) is 6.23. The van der Waals surface area contributed by atoms with Gasteiger partial charge in [0.05, 0.1) is 0 Å². The summed E-state index contributed by atoms with van der Waals surface area (Å²) in [5.41, 5.74) is 1.32. The van der Waals surface area contributed by atoms with Crippen LogP contribution in [0.3, 0.4) is 0 Å². The quantitative estimate of drug-likeness (QED) is 0.406. The van der Waals surface area contributed by atoms with Crippen LogP contribution >= 0.6 is 0 Å². The Morgan fingerprint density at radius 1 is 0.550 bits per heavy atom. The predicted molar refractivity (Wildman–Crippen MR) is 81.7 cm³/mol. The molecule has 0 spiro atoms. The molecule has 0 saturated heterocycles. The Labute approximate surface area is 132 Å². The summed E-state index contributed by atoms with van der Waals surface area (Å²) >= 11 is 0. The molecule has 0 bridgehead atoms. The molecular formula is C19H18Ni. The third-order valence-electron chi connectivity index (χ3n) is 2.15. The molecule has 0 nitrogen and oxygen atoms in total. The average molecular weight is 305 g/mol. The molecule has 0 N–H and O–H groups in total. The molecule has 0 unspecified atom stereocenters. The first-order chi connectivity index (χ1) is 9.39. The van der Waals surface area contributed by atoms with Crippen molar-refractivity contribution in [2.75, 3.05) is 0 Å². The van der Waals surface area contributed by atoms with Crippen molar-refractivity contribution < 1.29 is 16.5 Å². The molecule has 3 aromatic carbocycles. The molecule has 0 atom stereocenters. The molecule has 0 aliphatic carbocycles. The van der Waals surface area contributed by atoms with Gasteiger partial charge in [-0.15, -0.1) is 0 Å². The van der Waals surface area contributed by atoms with Crippen molar-refractivity contribution in [3.05, 3.63) is 109 Å². The van der Waals surface area contributed by atoms with Crippen molar-refractivity contribution in [3.63, 3.8) is 0 Å². The molecule has 0 heterocycles. The standard InChI is InChI=1S/C7H8.2C6H5.Ni/c1-7-5-3-2-4-6-7;2*1-2-4-6-5-3-1;/h2-6H,1H3;2*1-5H;/q;2*-1;+2. The van der Waals surface area contributed by atoms with Crippen LogP contribution in [0.15, 0.2) is 91.0 Å². The van der Waals surface area contributed by atoms with Gasteiger partial charge in [0.15, 0.2) is 0 Å². The largest absolute Gasteiger partial charge is 2.00 e. The number of benzene rings is 3. The maximum atomic E-state index is 2.89. The van der Waals surface area contributed by atoms with E-state index in [0.717, 1.165) is 0 Å². The van der Waals surface area contributed by atoms with Crippen LogP contribution in [0.5, 0.6) is 0 Å². The van der Waals surface area contributed by atoms with E-state index in [2.05, 4.69) is 31.2 Å². The molecule has 0 amide bonds. The molecule has 0 fully saturated rings. The molecular weight excluding hydrogens is 287 g/mol. The second-order valence-electron chi connectivity index (χ2n) is 3.81. The van der Waals surface area contributed by atoms with Crippen molar-refractivity contribution >= 4 is 0 Å². The fraction of sp³-hybridized carbons (Fsp3) is 0.0526. The summed E-state index contributed by atoms with van der Waals surface area (Å²) < 4.78 is 0. The number of rotatable bonds is 0. The van der Waals surface area contributed by atoms with Crippen molar-refractivity contribution in [2.24, 2.45) is 0 Å². The van der Waals surface area contributed by atoms with Crippen LogP contribution in [-0.2, 0) is 16.5 Å². The summed E-state index contributed by atoms with van der Waals surface area (Å²) in [6.45, 7) is 2.08. The van der Waals surface area contributed by atoms with Crippen LogP contribution in [0.2, 0.25) is 0 Å². The molecule has 0 aliphatic heterocycles. The minimum atomic E-state index is 0. The zero-order valence-electron chi connectivity index (χ0n) is 11.5.